The lowest BCUT2D eigenvalue weighted by molar-refractivity contribution is -0.114. The second kappa shape index (κ2) is 9.56. The van der Waals surface area contributed by atoms with Gasteiger partial charge in [-0.05, 0) is 55.3 Å². The molecule has 0 aromatic heterocycles. The molecule has 0 saturated carbocycles. The third-order valence-electron chi connectivity index (χ3n) is 5.22. The van der Waals surface area contributed by atoms with Crippen LogP contribution in [0.15, 0.2) is 42.5 Å². The fourth-order valence-corrected chi connectivity index (χ4v) is 3.79. The average Bonchev–Trinajstić information content (AvgIpc) is 2.74. The number of rotatable bonds is 7. The van der Waals surface area contributed by atoms with Gasteiger partial charge in [-0.25, -0.2) is 0 Å². The molecule has 1 atom stereocenters. The van der Waals surface area contributed by atoms with Crippen LogP contribution in [-0.4, -0.2) is 43.9 Å². The lowest BCUT2D eigenvalue weighted by Gasteiger charge is -2.32. The maximum absolute atomic E-state index is 13.0. The number of nitrogens with zero attached hydrogens (tertiary/aromatic N) is 1. The highest BCUT2D eigenvalue weighted by Crippen LogP contribution is 2.30. The zero-order valence-corrected chi connectivity index (χ0v) is 17.2. The van der Waals surface area contributed by atoms with E-state index in [1.165, 1.54) is 12.5 Å². The molecule has 0 radical (unpaired) electrons. The molecule has 0 unspecified atom stereocenters. The Balaban J connectivity index is 1.64. The second-order valence-corrected chi connectivity index (χ2v) is 7.39. The number of benzene rings is 2. The number of likely N-dealkylation sites (tertiary alicyclic amines) is 1. The molecule has 1 heterocycles. The molecule has 29 heavy (non-hydrogen) atoms. The zero-order chi connectivity index (χ0) is 20.8. The number of ether oxygens (including phenoxy) is 2. The van der Waals surface area contributed by atoms with Gasteiger partial charge in [0.25, 0.3) is 0 Å². The number of methoxy groups -OCH3 is 2. The number of amides is 1. The predicted molar refractivity (Wildman–Crippen MR) is 113 cm³/mol. The summed E-state index contributed by atoms with van der Waals surface area (Å²) in [6.07, 6.45) is 1.89. The Hall–Kier alpha value is -2.86. The molecule has 1 saturated heterocycles. The smallest absolute Gasteiger partial charge is 0.221 e. The first-order valence-corrected chi connectivity index (χ1v) is 9.85. The normalized spacial score (nSPS) is 16.9. The fraction of sp³-hybridized carbons (Fsp3) is 0.391. The number of ketones is 1. The van der Waals surface area contributed by atoms with E-state index in [-0.39, 0.29) is 17.6 Å². The van der Waals surface area contributed by atoms with Crippen LogP contribution in [-0.2, 0) is 11.3 Å². The fourth-order valence-electron chi connectivity index (χ4n) is 3.79. The number of nitrogens with one attached hydrogen (secondary N) is 1. The standard InChI is InChI=1S/C23H28N2O4/c1-16(26)24-20-9-6-17(7-10-20)14-25-12-4-5-19(15-25)23(27)18-8-11-21(28-2)22(13-18)29-3/h6-11,13,19H,4-5,12,14-15H2,1-3H3,(H,24,26)/t19-/m0/s1. The van der Waals surface area contributed by atoms with Gasteiger partial charge in [-0.15, -0.1) is 0 Å². The minimum Gasteiger partial charge on any atom is -0.493 e. The van der Waals surface area contributed by atoms with Crippen molar-refractivity contribution in [2.45, 2.75) is 26.3 Å². The number of piperidine rings is 1. The van der Waals surface area contributed by atoms with Crippen LogP contribution < -0.4 is 14.8 Å². The van der Waals surface area contributed by atoms with E-state index in [4.69, 9.17) is 9.47 Å². The maximum atomic E-state index is 13.0. The minimum absolute atomic E-state index is 0.0273. The molecule has 1 aliphatic heterocycles. The summed E-state index contributed by atoms with van der Waals surface area (Å²) in [5, 5.41) is 2.78. The van der Waals surface area contributed by atoms with Gasteiger partial charge in [-0.2, -0.15) is 0 Å². The number of Topliss-reactive ketones (excluding diaryl/α,β-unsaturated/α-hetero) is 1. The maximum Gasteiger partial charge on any atom is 0.221 e. The molecule has 1 fully saturated rings. The molecular weight excluding hydrogens is 368 g/mol. The molecule has 1 N–H and O–H groups in total. The Kier molecular flexibility index (Phi) is 6.88. The number of hydrogen-bond donors (Lipinski definition) is 1. The van der Waals surface area contributed by atoms with E-state index in [2.05, 4.69) is 10.2 Å². The highest BCUT2D eigenvalue weighted by atomic mass is 16.5. The molecule has 0 aliphatic carbocycles. The van der Waals surface area contributed by atoms with Gasteiger partial charge >= 0.3 is 0 Å². The Bertz CT molecular complexity index is 864. The first-order valence-electron chi connectivity index (χ1n) is 9.85. The van der Waals surface area contributed by atoms with Crippen molar-refractivity contribution < 1.29 is 19.1 Å². The summed E-state index contributed by atoms with van der Waals surface area (Å²) in [5.74, 6) is 1.24. The molecule has 0 bridgehead atoms. The van der Waals surface area contributed by atoms with Crippen LogP contribution in [0.5, 0.6) is 11.5 Å². The Morgan fingerprint density at radius 1 is 1.07 bits per heavy atom. The highest BCUT2D eigenvalue weighted by molar-refractivity contribution is 5.98. The first kappa shape index (κ1) is 20.9. The van der Waals surface area contributed by atoms with Gasteiger partial charge in [-0.3, -0.25) is 14.5 Å². The van der Waals surface area contributed by atoms with E-state index in [9.17, 15) is 9.59 Å². The van der Waals surface area contributed by atoms with Crippen molar-refractivity contribution in [3.8, 4) is 11.5 Å². The summed E-state index contributed by atoms with van der Waals surface area (Å²) in [6.45, 7) is 4.00. The number of carbonyl (C=O) groups is 2. The van der Waals surface area contributed by atoms with Crippen LogP contribution in [0.4, 0.5) is 5.69 Å². The van der Waals surface area contributed by atoms with Gasteiger partial charge in [0.1, 0.15) is 0 Å². The van der Waals surface area contributed by atoms with E-state index in [1.807, 2.05) is 30.3 Å². The van der Waals surface area contributed by atoms with Crippen LogP contribution in [0, 0.1) is 5.92 Å². The van der Waals surface area contributed by atoms with Gasteiger partial charge < -0.3 is 14.8 Å². The lowest BCUT2D eigenvalue weighted by atomic mass is 9.89. The summed E-state index contributed by atoms with van der Waals surface area (Å²) in [5.41, 5.74) is 2.62. The Morgan fingerprint density at radius 3 is 2.45 bits per heavy atom. The molecule has 3 rings (SSSR count). The van der Waals surface area contributed by atoms with E-state index in [1.54, 1.807) is 26.4 Å². The van der Waals surface area contributed by atoms with E-state index >= 15 is 0 Å². The van der Waals surface area contributed by atoms with E-state index < -0.39 is 0 Å². The third kappa shape index (κ3) is 5.35. The number of carbonyl (C=O) groups excluding carboxylic acids is 2. The summed E-state index contributed by atoms with van der Waals surface area (Å²) >= 11 is 0. The molecule has 6 heteroatoms. The van der Waals surface area contributed by atoms with Crippen molar-refractivity contribution in [1.82, 2.24) is 4.90 Å². The van der Waals surface area contributed by atoms with Crippen molar-refractivity contribution >= 4 is 17.4 Å². The van der Waals surface area contributed by atoms with Crippen LogP contribution in [0.2, 0.25) is 0 Å². The zero-order valence-electron chi connectivity index (χ0n) is 17.2. The van der Waals surface area contributed by atoms with Gasteiger partial charge in [0.05, 0.1) is 14.2 Å². The topological polar surface area (TPSA) is 67.9 Å². The summed E-state index contributed by atoms with van der Waals surface area (Å²) < 4.78 is 10.6. The molecule has 2 aromatic rings. The van der Waals surface area contributed by atoms with Crippen LogP contribution >= 0.6 is 0 Å². The van der Waals surface area contributed by atoms with Crippen LogP contribution in [0.25, 0.3) is 0 Å². The van der Waals surface area contributed by atoms with Crippen LogP contribution in [0.1, 0.15) is 35.7 Å². The van der Waals surface area contributed by atoms with Crippen molar-refractivity contribution in [1.29, 1.82) is 0 Å². The van der Waals surface area contributed by atoms with Gasteiger partial charge in [0.2, 0.25) is 5.91 Å². The van der Waals surface area contributed by atoms with Gasteiger partial charge in [0.15, 0.2) is 17.3 Å². The molecule has 154 valence electrons. The minimum atomic E-state index is -0.0784. The summed E-state index contributed by atoms with van der Waals surface area (Å²) in [4.78, 5) is 26.5. The van der Waals surface area contributed by atoms with Crippen molar-refractivity contribution in [3.05, 3.63) is 53.6 Å². The van der Waals surface area contributed by atoms with Crippen molar-refractivity contribution in [2.75, 3.05) is 32.6 Å². The van der Waals surface area contributed by atoms with Crippen molar-refractivity contribution in [2.24, 2.45) is 5.92 Å². The highest BCUT2D eigenvalue weighted by Gasteiger charge is 2.27. The summed E-state index contributed by atoms with van der Waals surface area (Å²) in [7, 11) is 3.16. The number of anilines is 1. The monoisotopic (exact) mass is 396 g/mol. The number of hydrogen-bond acceptors (Lipinski definition) is 5. The van der Waals surface area contributed by atoms with Crippen molar-refractivity contribution in [3.63, 3.8) is 0 Å². The van der Waals surface area contributed by atoms with Gasteiger partial charge in [-0.1, -0.05) is 12.1 Å². The third-order valence-corrected chi connectivity index (χ3v) is 5.22. The molecule has 1 aliphatic rings. The molecule has 0 spiro atoms. The summed E-state index contributed by atoms with van der Waals surface area (Å²) in [6, 6.07) is 13.2. The van der Waals surface area contributed by atoms with E-state index in [0.29, 0.717) is 17.1 Å². The second-order valence-electron chi connectivity index (χ2n) is 7.39. The predicted octanol–water partition coefficient (Wildman–Crippen LogP) is 3.76. The molecule has 1 amide bonds. The van der Waals surface area contributed by atoms with Crippen LogP contribution in [0.3, 0.4) is 0 Å². The first-order chi connectivity index (χ1) is 14.0. The molecule has 2 aromatic carbocycles. The lowest BCUT2D eigenvalue weighted by Crippen LogP contribution is -2.38. The van der Waals surface area contributed by atoms with Gasteiger partial charge in [0, 0.05) is 37.2 Å². The average molecular weight is 396 g/mol. The Labute approximate surface area is 171 Å². The Morgan fingerprint density at radius 2 is 1.79 bits per heavy atom. The molecule has 6 nitrogen and oxygen atoms in total. The molecular formula is C23H28N2O4. The quantitative estimate of drug-likeness (QED) is 0.722. The SMILES string of the molecule is COc1ccc(C(=O)[C@H]2CCCN(Cc3ccc(NC(C)=O)cc3)C2)cc1OC. The largest absolute Gasteiger partial charge is 0.493 e. The van der Waals surface area contributed by atoms with E-state index in [0.717, 1.165) is 38.2 Å².